The van der Waals surface area contributed by atoms with Gasteiger partial charge < -0.3 is 19.8 Å². The molecule has 0 aliphatic rings. The first-order valence-electron chi connectivity index (χ1n) is 8.55. The van der Waals surface area contributed by atoms with Crippen molar-refractivity contribution in [1.29, 1.82) is 0 Å². The van der Waals surface area contributed by atoms with Crippen molar-refractivity contribution in [3.05, 3.63) is 0 Å². The van der Waals surface area contributed by atoms with Gasteiger partial charge in [-0.05, 0) is 27.7 Å². The fraction of sp³-hybridized carbons (Fsp3) is 0.667. The van der Waals surface area contributed by atoms with Gasteiger partial charge >= 0.3 is 66.5 Å². The van der Waals surface area contributed by atoms with E-state index in [1.807, 2.05) is 27.7 Å². The summed E-state index contributed by atoms with van der Waals surface area (Å²) in [5, 5.41) is 20.1. The average Bonchev–Trinajstić information content (AvgIpc) is 2.44. The van der Waals surface area contributed by atoms with Gasteiger partial charge in [0.1, 0.15) is 35.0 Å². The number of aliphatic carboxylic acids is 2. The van der Waals surface area contributed by atoms with E-state index >= 15 is 0 Å². The Morgan fingerprint density at radius 1 is 0.586 bits per heavy atom. The van der Waals surface area contributed by atoms with E-state index in [1.165, 1.54) is 0 Å². The van der Waals surface area contributed by atoms with Gasteiger partial charge in [0.15, 0.2) is 0 Å². The summed E-state index contributed by atoms with van der Waals surface area (Å²) in [6.07, 6.45) is 0.646. The van der Waals surface area contributed by atoms with Crippen molar-refractivity contribution in [3.63, 3.8) is 0 Å². The van der Waals surface area contributed by atoms with Crippen LogP contribution in [0.25, 0.3) is 0 Å². The number of carboxylic acid groups (broad SMARTS) is 2. The molecule has 0 bridgehead atoms. The van der Waals surface area contributed by atoms with E-state index in [0.29, 0.717) is 12.2 Å². The van der Waals surface area contributed by atoms with Gasteiger partial charge in [0, 0.05) is 0 Å². The monoisotopic (exact) mass is 452 g/mol. The second-order valence-electron chi connectivity index (χ2n) is 6.36. The van der Waals surface area contributed by atoms with E-state index in [9.17, 15) is 39.0 Å². The molecule has 11 heteroatoms. The molecule has 0 aliphatic heterocycles. The molecule has 164 valence electrons. The molecule has 0 fully saturated rings. The van der Waals surface area contributed by atoms with E-state index in [2.05, 4.69) is 0 Å². The van der Waals surface area contributed by atoms with Crippen molar-refractivity contribution >= 4 is 35.1 Å². The van der Waals surface area contributed by atoms with Gasteiger partial charge in [-0.3, -0.25) is 19.2 Å². The van der Waals surface area contributed by atoms with Crippen molar-refractivity contribution in [2.24, 2.45) is 11.8 Å². The van der Waals surface area contributed by atoms with E-state index in [0.717, 1.165) is 27.7 Å². The number of hydrogen-bond acceptors (Lipinski definition) is 10. The summed E-state index contributed by atoms with van der Waals surface area (Å²) in [5.41, 5.74) is 0. The molecule has 10 nitrogen and oxygen atoms in total. The SMILES string of the molecule is CC(=O)C(C(C)=O)C(=O)[O-].CC(=O)C(C(C)=O)C(=O)[O-].CC(C)[O][Ti+2][O]C(C)C. The van der Waals surface area contributed by atoms with Crippen molar-refractivity contribution in [2.45, 2.75) is 67.6 Å². The predicted octanol–water partition coefficient (Wildman–Crippen LogP) is -1.19. The fourth-order valence-corrected chi connectivity index (χ4v) is 2.14. The Morgan fingerprint density at radius 2 is 0.793 bits per heavy atom. The molecule has 0 atom stereocenters. The molecule has 0 aromatic rings. The summed E-state index contributed by atoms with van der Waals surface area (Å²) in [5.74, 6) is -9.17. The molecule has 0 heterocycles. The first-order valence-corrected chi connectivity index (χ1v) is 9.83. The van der Waals surface area contributed by atoms with Crippen molar-refractivity contribution in [1.82, 2.24) is 0 Å². The molecule has 0 saturated carbocycles. The minimum atomic E-state index is -1.62. The van der Waals surface area contributed by atoms with Gasteiger partial charge in [-0.1, -0.05) is 0 Å². The summed E-state index contributed by atoms with van der Waals surface area (Å²) in [6, 6.07) is 0. The van der Waals surface area contributed by atoms with Crippen LogP contribution in [0.1, 0.15) is 55.4 Å². The third-order valence-electron chi connectivity index (χ3n) is 2.67. The number of carbonyl (C=O) groups is 6. The molecule has 0 unspecified atom stereocenters. The Kier molecular flexibility index (Phi) is 18.9. The molecule has 29 heavy (non-hydrogen) atoms. The maximum atomic E-state index is 10.4. The second kappa shape index (κ2) is 17.1. The van der Waals surface area contributed by atoms with Gasteiger partial charge in [0.2, 0.25) is 0 Å². The number of carboxylic acids is 2. The first-order chi connectivity index (χ1) is 13.1. The molecule has 0 spiro atoms. The normalized spacial score (nSPS) is 9.79. The third-order valence-corrected chi connectivity index (χ3v) is 4.44. The molecular weight excluding hydrogens is 424 g/mol. The van der Waals surface area contributed by atoms with Crippen LogP contribution in [0.15, 0.2) is 0 Å². The molecule has 0 aromatic carbocycles. The Bertz CT molecular complexity index is 467. The molecule has 0 radical (unpaired) electrons. The Hall–Kier alpha value is -1.75. The number of Topliss-reactive ketones (excluding diaryl/α,β-unsaturated/α-hetero) is 4. The molecule has 0 rings (SSSR count). The predicted molar refractivity (Wildman–Crippen MR) is 92.2 cm³/mol. The maximum absolute atomic E-state index is 10.4. The van der Waals surface area contributed by atoms with Crippen molar-refractivity contribution in [2.75, 3.05) is 0 Å². The Labute approximate surface area is 180 Å². The van der Waals surface area contributed by atoms with Crippen molar-refractivity contribution in [3.8, 4) is 0 Å². The van der Waals surface area contributed by atoms with Gasteiger partial charge in [-0.15, -0.1) is 0 Å². The number of ketones is 4. The standard InChI is InChI=1S/2C6H8O4.2C3H7O.Ti/c2*1-3(7)5(4(2)8)6(9)10;2*1-3(2)4;/h2*5H,1-2H3,(H,9,10);2*3H,1-2H3;/q;;2*-1;+4/p-2. The molecular formula is C18H28O10Ti. The average molecular weight is 452 g/mol. The topological polar surface area (TPSA) is 167 Å². The summed E-state index contributed by atoms with van der Waals surface area (Å²) in [4.78, 5) is 61.6. The van der Waals surface area contributed by atoms with Crippen LogP contribution in [0, 0.1) is 11.8 Å². The van der Waals surface area contributed by atoms with E-state index in [-0.39, 0.29) is 0 Å². The zero-order chi connectivity index (χ0) is 23.9. The summed E-state index contributed by atoms with van der Waals surface area (Å²) in [6.45, 7) is 12.3. The van der Waals surface area contributed by atoms with Crippen LogP contribution >= 0.6 is 0 Å². The molecule has 0 amide bonds. The van der Waals surface area contributed by atoms with Crippen LogP contribution in [0.2, 0.25) is 0 Å². The van der Waals surface area contributed by atoms with Crippen LogP contribution in [0.3, 0.4) is 0 Å². The Balaban J connectivity index is -0.000000350. The zero-order valence-corrected chi connectivity index (χ0v) is 19.5. The zero-order valence-electron chi connectivity index (χ0n) is 17.9. The summed E-state index contributed by atoms with van der Waals surface area (Å²) < 4.78 is 10.5. The molecule has 0 aromatic heterocycles. The van der Waals surface area contributed by atoms with Crippen LogP contribution in [0.5, 0.6) is 0 Å². The summed E-state index contributed by atoms with van der Waals surface area (Å²) in [7, 11) is 0. The van der Waals surface area contributed by atoms with Crippen molar-refractivity contribution < 1.29 is 65.5 Å². The number of hydrogen-bond donors (Lipinski definition) is 0. The van der Waals surface area contributed by atoms with Crippen LogP contribution in [0.4, 0.5) is 0 Å². The van der Waals surface area contributed by atoms with Gasteiger partial charge in [-0.25, -0.2) is 0 Å². The van der Waals surface area contributed by atoms with E-state index in [4.69, 9.17) is 6.64 Å². The second-order valence-corrected chi connectivity index (χ2v) is 7.36. The fourth-order valence-electron chi connectivity index (χ4n) is 1.46. The van der Waals surface area contributed by atoms with Crippen LogP contribution in [-0.4, -0.2) is 47.3 Å². The van der Waals surface area contributed by atoms with E-state index < -0.39 is 66.8 Å². The van der Waals surface area contributed by atoms with Gasteiger partial charge in [0.25, 0.3) is 0 Å². The number of carbonyl (C=O) groups excluding carboxylic acids is 6. The van der Waals surface area contributed by atoms with E-state index in [1.54, 1.807) is 0 Å². The molecule has 0 aliphatic carbocycles. The third kappa shape index (κ3) is 19.3. The molecule has 0 N–H and O–H groups in total. The minimum absolute atomic E-state index is 0.323. The molecule has 0 saturated heterocycles. The Morgan fingerprint density at radius 3 is 0.862 bits per heavy atom. The summed E-state index contributed by atoms with van der Waals surface area (Å²) >= 11 is -0.574. The van der Waals surface area contributed by atoms with Crippen LogP contribution in [-0.2, 0) is 55.3 Å². The first kappa shape index (κ1) is 31.9. The quantitative estimate of drug-likeness (QED) is 0.290. The number of rotatable bonds is 10. The van der Waals surface area contributed by atoms with Gasteiger partial charge in [-0.2, -0.15) is 0 Å². The van der Waals surface area contributed by atoms with Gasteiger partial charge in [0.05, 0.1) is 11.9 Å². The van der Waals surface area contributed by atoms with Crippen LogP contribution < -0.4 is 10.2 Å².